The highest BCUT2D eigenvalue weighted by Crippen LogP contribution is 2.36. The molecule has 2 aromatic heterocycles. The highest BCUT2D eigenvalue weighted by molar-refractivity contribution is 6.03. The van der Waals surface area contributed by atoms with Crippen LogP contribution in [0.4, 0.5) is 23.7 Å². The molecule has 4 amide bonds. The summed E-state index contributed by atoms with van der Waals surface area (Å²) in [6.07, 6.45) is 0.782. The molecule has 1 aromatic carbocycles. The van der Waals surface area contributed by atoms with Crippen molar-refractivity contribution < 1.29 is 27.6 Å². The molecule has 0 bridgehead atoms. The van der Waals surface area contributed by atoms with Crippen molar-refractivity contribution in [1.29, 1.82) is 5.26 Å². The molecule has 0 spiro atoms. The van der Waals surface area contributed by atoms with Gasteiger partial charge in [0.15, 0.2) is 11.5 Å². The molecule has 1 aliphatic carbocycles. The number of carbonyl (C=O) groups is 3. The number of hydrogen-bond acceptors (Lipinski definition) is 6. The molecule has 1 saturated carbocycles. The molecule has 0 unspecified atom stereocenters. The average Bonchev–Trinajstić information content (AvgIpc) is 3.67. The average molecular weight is 598 g/mol. The van der Waals surface area contributed by atoms with Crippen LogP contribution in [0.25, 0.3) is 11.3 Å². The molecule has 226 valence electrons. The van der Waals surface area contributed by atoms with Gasteiger partial charge >= 0.3 is 12.2 Å². The number of alkyl halides is 3. The van der Waals surface area contributed by atoms with Gasteiger partial charge in [-0.1, -0.05) is 0 Å². The number of nitrogens with zero attached hydrogens (tertiary/aromatic N) is 6. The van der Waals surface area contributed by atoms with Crippen LogP contribution in [0, 0.1) is 18.3 Å². The van der Waals surface area contributed by atoms with Gasteiger partial charge < -0.3 is 25.4 Å². The van der Waals surface area contributed by atoms with E-state index in [2.05, 4.69) is 26.0 Å². The maximum atomic E-state index is 13.6. The number of hydrogen-bond donors (Lipinski definition) is 3. The van der Waals surface area contributed by atoms with Gasteiger partial charge in [-0.3, -0.25) is 14.3 Å². The molecule has 3 heterocycles. The maximum Gasteiger partial charge on any atom is 0.435 e. The van der Waals surface area contributed by atoms with E-state index in [4.69, 9.17) is 5.26 Å². The minimum absolute atomic E-state index is 0.00120. The lowest BCUT2D eigenvalue weighted by molar-refractivity contribution is -0.141. The molecule has 3 N–H and O–H groups in total. The van der Waals surface area contributed by atoms with Crippen LogP contribution in [-0.4, -0.2) is 67.3 Å². The number of nitriles is 1. The smallest absolute Gasteiger partial charge is 0.349 e. The molecule has 0 atom stereocenters. The fraction of sp³-hybridized carbons (Fsp3) is 0.429. The number of amides is 4. The summed E-state index contributed by atoms with van der Waals surface area (Å²) in [5.41, 5.74) is -0.0978. The minimum Gasteiger partial charge on any atom is -0.349 e. The lowest BCUT2D eigenvalue weighted by Gasteiger charge is -2.37. The summed E-state index contributed by atoms with van der Waals surface area (Å²) in [5, 5.41) is 21.0. The van der Waals surface area contributed by atoms with Gasteiger partial charge in [0, 0.05) is 49.7 Å². The first-order valence-electron chi connectivity index (χ1n) is 13.8. The highest BCUT2D eigenvalue weighted by Gasteiger charge is 2.39. The zero-order valence-corrected chi connectivity index (χ0v) is 23.5. The second-order valence-corrected chi connectivity index (χ2v) is 10.7. The molecule has 12 nitrogen and oxygen atoms in total. The molecular weight excluding hydrogens is 567 g/mol. The number of halogens is 3. The van der Waals surface area contributed by atoms with Crippen LogP contribution < -0.4 is 16.0 Å². The van der Waals surface area contributed by atoms with Gasteiger partial charge in [-0.2, -0.15) is 23.5 Å². The molecule has 3 aromatic rings. The Kier molecular flexibility index (Phi) is 8.12. The van der Waals surface area contributed by atoms with Crippen molar-refractivity contribution in [1.82, 2.24) is 34.9 Å². The third kappa shape index (κ3) is 6.32. The molecule has 1 aliphatic heterocycles. The molecule has 5 rings (SSSR count). The topological polar surface area (TPSA) is 150 Å². The number of anilines is 1. The minimum atomic E-state index is -4.78. The quantitative estimate of drug-likeness (QED) is 0.380. The van der Waals surface area contributed by atoms with Crippen molar-refractivity contribution in [3.63, 3.8) is 0 Å². The Hall–Kier alpha value is -4.87. The highest BCUT2D eigenvalue weighted by atomic mass is 19.4. The van der Waals surface area contributed by atoms with E-state index in [1.54, 1.807) is 36.1 Å². The first-order valence-corrected chi connectivity index (χ1v) is 13.8. The molecule has 43 heavy (non-hydrogen) atoms. The van der Waals surface area contributed by atoms with E-state index in [-0.39, 0.29) is 47.6 Å². The van der Waals surface area contributed by atoms with Crippen LogP contribution in [0.15, 0.2) is 30.6 Å². The second-order valence-electron chi connectivity index (χ2n) is 10.7. The summed E-state index contributed by atoms with van der Waals surface area (Å²) in [6, 6.07) is 6.40. The van der Waals surface area contributed by atoms with E-state index in [0.29, 0.717) is 29.7 Å². The molecule has 2 fully saturated rings. The number of likely N-dealkylation sites (tertiary alicyclic amines) is 1. The van der Waals surface area contributed by atoms with E-state index >= 15 is 0 Å². The zero-order chi connectivity index (χ0) is 30.9. The van der Waals surface area contributed by atoms with Crippen molar-refractivity contribution in [3.8, 4) is 17.3 Å². The van der Waals surface area contributed by atoms with Crippen LogP contribution in [0.3, 0.4) is 0 Å². The standard InChI is InChI=1S/C28H30F3N9O3/c1-16-11-17(5-6-20(16)25(41)35-18-12-19(13-18)36-27(43)39-8-3-4-9-39)34-26(42)24-33-14-22(38(24)2)21-15-40(10-7-32)37-23(21)28(29,30)31/h5-6,11,14-15,18-19H,3-4,8-10,12-13H2,1-2H3,(H,34,42)(H,35,41)(H,36,43). The Morgan fingerprint density at radius 1 is 1.09 bits per heavy atom. The fourth-order valence-electron chi connectivity index (χ4n) is 5.33. The summed E-state index contributed by atoms with van der Waals surface area (Å²) in [5.74, 6) is -1.08. The molecule has 0 radical (unpaired) electrons. The first-order chi connectivity index (χ1) is 20.4. The number of imidazole rings is 1. The van der Waals surface area contributed by atoms with Gasteiger partial charge in [0.05, 0.1) is 23.5 Å². The van der Waals surface area contributed by atoms with E-state index in [0.717, 1.165) is 43.0 Å². The Bertz CT molecular complexity index is 1590. The van der Waals surface area contributed by atoms with E-state index < -0.39 is 17.8 Å². The Morgan fingerprint density at radius 2 is 1.79 bits per heavy atom. The summed E-state index contributed by atoms with van der Waals surface area (Å²) >= 11 is 0. The lowest BCUT2D eigenvalue weighted by atomic mass is 9.86. The third-order valence-corrected chi connectivity index (χ3v) is 7.65. The van der Waals surface area contributed by atoms with Crippen LogP contribution in [-0.2, 0) is 19.8 Å². The second kappa shape index (κ2) is 11.8. The Morgan fingerprint density at radius 3 is 2.44 bits per heavy atom. The fourth-order valence-corrected chi connectivity index (χ4v) is 5.33. The summed E-state index contributed by atoms with van der Waals surface area (Å²) in [6.45, 7) is 2.90. The molecule has 2 aliphatic rings. The van der Waals surface area contributed by atoms with Gasteiger partial charge in [0.1, 0.15) is 6.54 Å². The monoisotopic (exact) mass is 597 g/mol. The predicted molar refractivity (Wildman–Crippen MR) is 148 cm³/mol. The van der Waals surface area contributed by atoms with Gasteiger partial charge in [-0.15, -0.1) is 0 Å². The van der Waals surface area contributed by atoms with Gasteiger partial charge in [-0.05, 0) is 56.4 Å². The summed E-state index contributed by atoms with van der Waals surface area (Å²) in [4.78, 5) is 43.9. The van der Waals surface area contributed by atoms with Gasteiger partial charge in [0.2, 0.25) is 0 Å². The summed E-state index contributed by atoms with van der Waals surface area (Å²) < 4.78 is 42.9. The number of benzene rings is 1. The maximum absolute atomic E-state index is 13.6. The van der Waals surface area contributed by atoms with Crippen molar-refractivity contribution in [2.24, 2.45) is 7.05 Å². The van der Waals surface area contributed by atoms with Crippen molar-refractivity contribution in [2.75, 3.05) is 18.4 Å². The van der Waals surface area contributed by atoms with Crippen LogP contribution in [0.2, 0.25) is 0 Å². The van der Waals surface area contributed by atoms with E-state index in [9.17, 15) is 27.6 Å². The van der Waals surface area contributed by atoms with E-state index in [1.807, 2.05) is 0 Å². The number of aryl methyl sites for hydroxylation is 1. The number of rotatable bonds is 7. The Labute approximate surface area is 244 Å². The first kappa shape index (κ1) is 29.6. The van der Waals surface area contributed by atoms with E-state index in [1.165, 1.54) is 11.6 Å². The number of aromatic nitrogens is 4. The number of urea groups is 1. The Balaban J connectivity index is 1.20. The lowest BCUT2D eigenvalue weighted by Crippen LogP contribution is -2.55. The van der Waals surface area contributed by atoms with Crippen molar-refractivity contribution in [2.45, 2.75) is 57.4 Å². The van der Waals surface area contributed by atoms with Crippen molar-refractivity contribution >= 4 is 23.5 Å². The summed E-state index contributed by atoms with van der Waals surface area (Å²) in [7, 11) is 1.40. The van der Waals surface area contributed by atoms with Crippen LogP contribution in [0.1, 0.15) is 57.9 Å². The predicted octanol–water partition coefficient (Wildman–Crippen LogP) is 3.45. The molecular formula is C28H30F3N9O3. The van der Waals surface area contributed by atoms with Crippen LogP contribution in [0.5, 0.6) is 0 Å². The number of carbonyl (C=O) groups excluding carboxylic acids is 3. The van der Waals surface area contributed by atoms with Gasteiger partial charge in [0.25, 0.3) is 11.8 Å². The normalized spacial score (nSPS) is 18.1. The van der Waals surface area contributed by atoms with Crippen LogP contribution >= 0.6 is 0 Å². The largest absolute Gasteiger partial charge is 0.435 e. The molecule has 1 saturated heterocycles. The van der Waals surface area contributed by atoms with Gasteiger partial charge in [-0.25, -0.2) is 9.78 Å². The third-order valence-electron chi connectivity index (χ3n) is 7.65. The zero-order valence-electron chi connectivity index (χ0n) is 23.5. The number of nitrogens with one attached hydrogen (secondary N) is 3. The SMILES string of the molecule is Cc1cc(NC(=O)c2ncc(-c3cn(CC#N)nc3C(F)(F)F)n2C)ccc1C(=O)NC1CC(NC(=O)N2CCCC2)C1. The van der Waals surface area contributed by atoms with Crippen molar-refractivity contribution in [3.05, 3.63) is 53.2 Å². The molecule has 15 heteroatoms.